The lowest BCUT2D eigenvalue weighted by Crippen LogP contribution is -2.23. The van der Waals surface area contributed by atoms with Crippen molar-refractivity contribution in [2.75, 3.05) is 5.73 Å². The van der Waals surface area contributed by atoms with Crippen LogP contribution in [0.4, 0.5) is 5.69 Å². The maximum Gasteiger partial charge on any atom is 0.290 e. The predicted molar refractivity (Wildman–Crippen MR) is 72.1 cm³/mol. The Hall–Kier alpha value is -1.19. The largest absolute Gasteiger partial charge is 0.393 e. The molecule has 0 unspecified atom stereocenters. The van der Waals surface area contributed by atoms with E-state index in [1.807, 2.05) is 11.7 Å². The van der Waals surface area contributed by atoms with Crippen LogP contribution in [0.25, 0.3) is 0 Å². The summed E-state index contributed by atoms with van der Waals surface area (Å²) in [4.78, 5) is 12.0. The zero-order chi connectivity index (χ0) is 13.2. The maximum absolute atomic E-state index is 12.0. The molecule has 0 atom stereocenters. The smallest absolute Gasteiger partial charge is 0.290 e. The molecule has 4 heteroatoms. The Morgan fingerprint density at radius 2 is 1.76 bits per heavy atom. The zero-order valence-corrected chi connectivity index (χ0v) is 11.7. The van der Waals surface area contributed by atoms with E-state index in [0.717, 1.165) is 25.1 Å². The molecule has 0 saturated heterocycles. The van der Waals surface area contributed by atoms with Gasteiger partial charge in [-0.3, -0.25) is 9.48 Å². The minimum atomic E-state index is -0.0381. The highest BCUT2D eigenvalue weighted by atomic mass is 16.1. The van der Waals surface area contributed by atoms with Gasteiger partial charge in [0, 0.05) is 13.6 Å². The van der Waals surface area contributed by atoms with Crippen LogP contribution in [0.3, 0.4) is 0 Å². The second-order valence-electron chi connectivity index (χ2n) is 5.59. The molecule has 2 N–H and O–H groups in total. The zero-order valence-electron chi connectivity index (χ0n) is 11.7. The van der Waals surface area contributed by atoms with Gasteiger partial charge in [-0.1, -0.05) is 27.7 Å². The number of rotatable bonds is 5. The Labute approximate surface area is 103 Å². The molecular formula is C13H25N3O. The molecule has 1 heterocycles. The van der Waals surface area contributed by atoms with Crippen LogP contribution in [0, 0.1) is 11.8 Å². The van der Waals surface area contributed by atoms with Crippen LogP contribution in [0.1, 0.15) is 39.8 Å². The first kappa shape index (κ1) is 13.9. The Morgan fingerprint density at radius 1 is 1.18 bits per heavy atom. The SMILES string of the molecule is CC(C)CCn1c(=O)c(N)c(CC(C)C)n1C. The van der Waals surface area contributed by atoms with Gasteiger partial charge in [0.1, 0.15) is 5.69 Å². The molecule has 1 aromatic rings. The van der Waals surface area contributed by atoms with Gasteiger partial charge in [0.2, 0.25) is 0 Å². The molecule has 0 spiro atoms. The maximum atomic E-state index is 12.0. The number of hydrogen-bond donors (Lipinski definition) is 1. The van der Waals surface area contributed by atoms with E-state index in [9.17, 15) is 4.79 Å². The topological polar surface area (TPSA) is 52.9 Å². The number of nitrogens with two attached hydrogens (primary N) is 1. The van der Waals surface area contributed by atoms with Gasteiger partial charge >= 0.3 is 0 Å². The van der Waals surface area contributed by atoms with E-state index in [0.29, 0.717) is 17.5 Å². The lowest BCUT2D eigenvalue weighted by molar-refractivity contribution is 0.419. The van der Waals surface area contributed by atoms with Gasteiger partial charge in [-0.05, 0) is 24.7 Å². The van der Waals surface area contributed by atoms with Crippen molar-refractivity contribution in [2.24, 2.45) is 18.9 Å². The van der Waals surface area contributed by atoms with Gasteiger partial charge < -0.3 is 5.73 Å². The number of nitrogens with zero attached hydrogens (tertiary/aromatic N) is 2. The van der Waals surface area contributed by atoms with Gasteiger partial charge in [0.15, 0.2) is 0 Å². The number of nitrogen functional groups attached to an aromatic ring is 1. The van der Waals surface area contributed by atoms with Crippen molar-refractivity contribution in [2.45, 2.75) is 47.1 Å². The van der Waals surface area contributed by atoms with Crippen molar-refractivity contribution >= 4 is 5.69 Å². The quantitative estimate of drug-likeness (QED) is 0.854. The Kier molecular flexibility index (Phi) is 4.43. The molecule has 0 amide bonds. The van der Waals surface area contributed by atoms with E-state index in [1.165, 1.54) is 0 Å². The highest BCUT2D eigenvalue weighted by molar-refractivity contribution is 5.41. The lowest BCUT2D eigenvalue weighted by Gasteiger charge is -2.12. The molecule has 0 aliphatic rings. The van der Waals surface area contributed by atoms with Crippen LogP contribution in [-0.4, -0.2) is 9.36 Å². The summed E-state index contributed by atoms with van der Waals surface area (Å²) in [6, 6.07) is 0. The van der Waals surface area contributed by atoms with E-state index in [1.54, 1.807) is 4.68 Å². The summed E-state index contributed by atoms with van der Waals surface area (Å²) in [5, 5.41) is 0. The number of aromatic nitrogens is 2. The molecule has 0 aliphatic heterocycles. The van der Waals surface area contributed by atoms with Gasteiger partial charge in [-0.15, -0.1) is 0 Å². The van der Waals surface area contributed by atoms with Crippen LogP contribution in [0.5, 0.6) is 0 Å². The summed E-state index contributed by atoms with van der Waals surface area (Å²) >= 11 is 0. The molecule has 0 aromatic carbocycles. The molecule has 1 rings (SSSR count). The van der Waals surface area contributed by atoms with Crippen LogP contribution in [0.2, 0.25) is 0 Å². The minimum Gasteiger partial charge on any atom is -0.393 e. The summed E-state index contributed by atoms with van der Waals surface area (Å²) < 4.78 is 3.69. The van der Waals surface area contributed by atoms with Crippen LogP contribution in [0.15, 0.2) is 4.79 Å². The molecule has 17 heavy (non-hydrogen) atoms. The first-order valence-corrected chi connectivity index (χ1v) is 6.38. The second-order valence-corrected chi connectivity index (χ2v) is 5.59. The molecule has 0 saturated carbocycles. The Balaban J connectivity index is 3.03. The third-order valence-electron chi connectivity index (χ3n) is 3.05. The standard InChI is InChI=1S/C13H25N3O/c1-9(2)6-7-16-13(17)12(14)11(15(16)5)8-10(3)4/h9-10H,6-8,14H2,1-5H3. The Bertz CT molecular complexity index is 427. The van der Waals surface area contributed by atoms with Gasteiger partial charge in [0.25, 0.3) is 5.56 Å². The highest BCUT2D eigenvalue weighted by Crippen LogP contribution is 2.13. The van der Waals surface area contributed by atoms with Crippen molar-refractivity contribution in [1.82, 2.24) is 9.36 Å². The second kappa shape index (κ2) is 5.43. The number of anilines is 1. The average Bonchev–Trinajstić information content (AvgIpc) is 2.40. The third-order valence-corrected chi connectivity index (χ3v) is 3.05. The van der Waals surface area contributed by atoms with Crippen molar-refractivity contribution in [3.63, 3.8) is 0 Å². The van der Waals surface area contributed by atoms with Crippen molar-refractivity contribution in [1.29, 1.82) is 0 Å². The molecule has 0 aliphatic carbocycles. The fourth-order valence-electron chi connectivity index (χ4n) is 1.98. The van der Waals surface area contributed by atoms with Gasteiger partial charge in [-0.2, -0.15) is 0 Å². The molecule has 4 nitrogen and oxygen atoms in total. The Morgan fingerprint density at radius 3 is 2.24 bits per heavy atom. The van der Waals surface area contributed by atoms with Gasteiger partial charge in [-0.25, -0.2) is 4.68 Å². The van der Waals surface area contributed by atoms with E-state index >= 15 is 0 Å². The highest BCUT2D eigenvalue weighted by Gasteiger charge is 2.15. The summed E-state index contributed by atoms with van der Waals surface area (Å²) in [7, 11) is 1.93. The normalized spacial score (nSPS) is 11.7. The molecule has 0 radical (unpaired) electrons. The third kappa shape index (κ3) is 3.14. The molecular weight excluding hydrogens is 214 g/mol. The lowest BCUT2D eigenvalue weighted by atomic mass is 10.1. The monoisotopic (exact) mass is 239 g/mol. The first-order chi connectivity index (χ1) is 7.84. The predicted octanol–water partition coefficient (Wildman–Crippen LogP) is 2.01. The first-order valence-electron chi connectivity index (χ1n) is 6.38. The van der Waals surface area contributed by atoms with E-state index in [-0.39, 0.29) is 5.56 Å². The van der Waals surface area contributed by atoms with Crippen LogP contribution >= 0.6 is 0 Å². The number of hydrogen-bond acceptors (Lipinski definition) is 2. The van der Waals surface area contributed by atoms with E-state index < -0.39 is 0 Å². The van der Waals surface area contributed by atoms with E-state index in [4.69, 9.17) is 5.73 Å². The van der Waals surface area contributed by atoms with Crippen molar-refractivity contribution < 1.29 is 0 Å². The average molecular weight is 239 g/mol. The minimum absolute atomic E-state index is 0.0381. The van der Waals surface area contributed by atoms with E-state index in [2.05, 4.69) is 27.7 Å². The summed E-state index contributed by atoms with van der Waals surface area (Å²) in [6.45, 7) is 9.33. The molecule has 0 bridgehead atoms. The van der Waals surface area contributed by atoms with Crippen molar-refractivity contribution in [3.8, 4) is 0 Å². The molecule has 1 aromatic heterocycles. The fraction of sp³-hybridized carbons (Fsp3) is 0.769. The summed E-state index contributed by atoms with van der Waals surface area (Å²) in [5.41, 5.74) is 7.25. The fourth-order valence-corrected chi connectivity index (χ4v) is 1.98. The molecule has 0 fully saturated rings. The van der Waals surface area contributed by atoms with Crippen LogP contribution < -0.4 is 11.3 Å². The van der Waals surface area contributed by atoms with Crippen molar-refractivity contribution in [3.05, 3.63) is 16.0 Å². The van der Waals surface area contributed by atoms with Crippen LogP contribution in [-0.2, 0) is 20.0 Å². The molecule has 98 valence electrons. The van der Waals surface area contributed by atoms with Gasteiger partial charge in [0.05, 0.1) is 5.69 Å². The summed E-state index contributed by atoms with van der Waals surface area (Å²) in [5.74, 6) is 1.09. The summed E-state index contributed by atoms with van der Waals surface area (Å²) in [6.07, 6.45) is 1.85.